The van der Waals surface area contributed by atoms with Crippen molar-refractivity contribution in [3.05, 3.63) is 90.6 Å². The Morgan fingerprint density at radius 1 is 0.759 bits per heavy atom. The molecule has 6 nitrogen and oxygen atoms in total. The molecule has 0 radical (unpaired) electrons. The molecular weight excluding hydrogens is 362 g/mol. The van der Waals surface area contributed by atoms with Gasteiger partial charge in [-0.2, -0.15) is 10.1 Å². The molecule has 0 spiro atoms. The molecule has 2 N–H and O–H groups in total. The summed E-state index contributed by atoms with van der Waals surface area (Å²) in [4.78, 5) is 4.47. The largest absolute Gasteiger partial charge is 0.457 e. The van der Waals surface area contributed by atoms with Crippen LogP contribution in [0.1, 0.15) is 12.5 Å². The molecule has 0 fully saturated rings. The Labute approximate surface area is 169 Å². The van der Waals surface area contributed by atoms with Gasteiger partial charge in [-0.1, -0.05) is 37.3 Å². The first-order valence-corrected chi connectivity index (χ1v) is 9.44. The van der Waals surface area contributed by atoms with Crippen molar-refractivity contribution in [2.75, 3.05) is 10.6 Å². The summed E-state index contributed by atoms with van der Waals surface area (Å²) < 4.78 is 5.81. The van der Waals surface area contributed by atoms with Crippen LogP contribution in [0.5, 0.6) is 11.5 Å². The van der Waals surface area contributed by atoms with Crippen LogP contribution in [-0.4, -0.2) is 15.2 Å². The fourth-order valence-corrected chi connectivity index (χ4v) is 2.75. The first kappa shape index (κ1) is 18.4. The smallest absolute Gasteiger partial charge is 0.249 e. The molecule has 0 bridgehead atoms. The Kier molecular flexibility index (Phi) is 5.62. The van der Waals surface area contributed by atoms with E-state index in [0.717, 1.165) is 29.3 Å². The van der Waals surface area contributed by atoms with Crippen LogP contribution in [0.4, 0.5) is 23.1 Å². The second-order valence-electron chi connectivity index (χ2n) is 6.41. The van der Waals surface area contributed by atoms with Crippen LogP contribution < -0.4 is 15.4 Å². The molecule has 4 aromatic rings. The first-order valence-electron chi connectivity index (χ1n) is 9.44. The molecule has 0 amide bonds. The minimum atomic E-state index is 0.434. The van der Waals surface area contributed by atoms with E-state index in [-0.39, 0.29) is 0 Å². The highest BCUT2D eigenvalue weighted by Crippen LogP contribution is 2.24. The minimum absolute atomic E-state index is 0.434. The van der Waals surface area contributed by atoms with E-state index >= 15 is 0 Å². The molecule has 6 heteroatoms. The summed E-state index contributed by atoms with van der Waals surface area (Å²) in [5.74, 6) is 2.60. The van der Waals surface area contributed by atoms with Crippen LogP contribution in [0.15, 0.2) is 85.1 Å². The van der Waals surface area contributed by atoms with E-state index < -0.39 is 0 Å². The molecule has 0 aliphatic rings. The van der Waals surface area contributed by atoms with Crippen LogP contribution in [0, 0.1) is 0 Å². The number of hydrogen-bond acceptors (Lipinski definition) is 6. The number of anilines is 4. The van der Waals surface area contributed by atoms with Gasteiger partial charge in [0.2, 0.25) is 5.95 Å². The predicted molar refractivity (Wildman–Crippen MR) is 115 cm³/mol. The molecule has 4 rings (SSSR count). The molecule has 29 heavy (non-hydrogen) atoms. The number of rotatable bonds is 7. The fourth-order valence-electron chi connectivity index (χ4n) is 2.75. The highest BCUT2D eigenvalue weighted by molar-refractivity contribution is 5.59. The Balaban J connectivity index is 1.40. The van der Waals surface area contributed by atoms with E-state index in [9.17, 15) is 0 Å². The Hall–Kier alpha value is -3.93. The average Bonchev–Trinajstić information content (AvgIpc) is 2.77. The van der Waals surface area contributed by atoms with Crippen LogP contribution in [0.2, 0.25) is 0 Å². The molecule has 0 unspecified atom stereocenters. The van der Waals surface area contributed by atoms with Gasteiger partial charge in [0, 0.05) is 11.4 Å². The van der Waals surface area contributed by atoms with Crippen molar-refractivity contribution in [3.8, 4) is 11.5 Å². The molecule has 0 aliphatic heterocycles. The second kappa shape index (κ2) is 8.84. The van der Waals surface area contributed by atoms with E-state index in [1.54, 1.807) is 6.20 Å². The lowest BCUT2D eigenvalue weighted by Gasteiger charge is -2.09. The topological polar surface area (TPSA) is 72.0 Å². The van der Waals surface area contributed by atoms with E-state index in [1.807, 2.05) is 66.7 Å². The van der Waals surface area contributed by atoms with Crippen LogP contribution in [0.25, 0.3) is 0 Å². The van der Waals surface area contributed by atoms with Crippen LogP contribution >= 0.6 is 0 Å². The molecule has 0 saturated carbocycles. The zero-order valence-corrected chi connectivity index (χ0v) is 16.0. The third kappa shape index (κ3) is 5.07. The van der Waals surface area contributed by atoms with Crippen molar-refractivity contribution in [2.45, 2.75) is 13.3 Å². The molecule has 144 valence electrons. The number of nitrogens with zero attached hydrogens (tertiary/aromatic N) is 3. The lowest BCUT2D eigenvalue weighted by atomic mass is 10.1. The number of aromatic nitrogens is 3. The minimum Gasteiger partial charge on any atom is -0.457 e. The van der Waals surface area contributed by atoms with Gasteiger partial charge in [0.25, 0.3) is 0 Å². The Morgan fingerprint density at radius 2 is 1.41 bits per heavy atom. The zero-order chi connectivity index (χ0) is 19.9. The van der Waals surface area contributed by atoms with Crippen molar-refractivity contribution in [2.24, 2.45) is 0 Å². The Morgan fingerprint density at radius 3 is 2.14 bits per heavy atom. The number of ether oxygens (including phenoxy) is 1. The van der Waals surface area contributed by atoms with Crippen molar-refractivity contribution in [1.82, 2.24) is 15.2 Å². The molecule has 1 aromatic heterocycles. The van der Waals surface area contributed by atoms with Crippen molar-refractivity contribution < 1.29 is 4.74 Å². The fraction of sp³-hybridized carbons (Fsp3) is 0.0870. The maximum atomic E-state index is 5.81. The molecule has 3 aromatic carbocycles. The molecule has 0 atom stereocenters. The summed E-state index contributed by atoms with van der Waals surface area (Å²) in [7, 11) is 0. The quantitative estimate of drug-likeness (QED) is 0.426. The first-order chi connectivity index (χ1) is 14.3. The Bertz CT molecular complexity index is 1050. The van der Waals surface area contributed by atoms with Gasteiger partial charge in [-0.15, -0.1) is 5.10 Å². The summed E-state index contributed by atoms with van der Waals surface area (Å²) >= 11 is 0. The highest BCUT2D eigenvalue weighted by Gasteiger charge is 2.03. The van der Waals surface area contributed by atoms with Gasteiger partial charge in [0.1, 0.15) is 11.5 Å². The highest BCUT2D eigenvalue weighted by atomic mass is 16.5. The number of para-hydroxylation sites is 1. The summed E-state index contributed by atoms with van der Waals surface area (Å²) in [5.41, 5.74) is 3.08. The predicted octanol–water partition coefficient (Wildman–Crippen LogP) is 5.71. The third-order valence-electron chi connectivity index (χ3n) is 4.28. The maximum absolute atomic E-state index is 5.81. The van der Waals surface area contributed by atoms with Gasteiger partial charge in [-0.3, -0.25) is 0 Å². The SMILES string of the molecule is CCc1ccc(Nc2nncc(Nc3ccc(Oc4ccccc4)cc3)n2)cc1. The number of benzene rings is 3. The maximum Gasteiger partial charge on any atom is 0.249 e. The normalized spacial score (nSPS) is 10.4. The monoisotopic (exact) mass is 383 g/mol. The summed E-state index contributed by atoms with van der Waals surface area (Å²) in [6.45, 7) is 2.13. The number of nitrogens with one attached hydrogen (secondary N) is 2. The zero-order valence-electron chi connectivity index (χ0n) is 16.0. The van der Waals surface area contributed by atoms with Gasteiger partial charge < -0.3 is 15.4 Å². The van der Waals surface area contributed by atoms with Gasteiger partial charge in [-0.05, 0) is 60.5 Å². The molecule has 0 saturated heterocycles. The lowest BCUT2D eigenvalue weighted by Crippen LogP contribution is -2.02. The second-order valence-corrected chi connectivity index (χ2v) is 6.41. The molecular formula is C23H21N5O. The summed E-state index contributed by atoms with van der Waals surface area (Å²) in [5, 5.41) is 14.5. The van der Waals surface area contributed by atoms with E-state index in [1.165, 1.54) is 5.56 Å². The van der Waals surface area contributed by atoms with Gasteiger partial charge in [-0.25, -0.2) is 0 Å². The summed E-state index contributed by atoms with van der Waals surface area (Å²) in [6.07, 6.45) is 2.59. The van der Waals surface area contributed by atoms with E-state index in [2.05, 4.69) is 44.9 Å². The number of hydrogen-bond donors (Lipinski definition) is 2. The number of aryl methyl sites for hydroxylation is 1. The van der Waals surface area contributed by atoms with E-state index in [4.69, 9.17) is 4.74 Å². The van der Waals surface area contributed by atoms with E-state index in [0.29, 0.717) is 11.8 Å². The van der Waals surface area contributed by atoms with Crippen molar-refractivity contribution >= 4 is 23.1 Å². The van der Waals surface area contributed by atoms with Crippen molar-refractivity contribution in [1.29, 1.82) is 0 Å². The average molecular weight is 383 g/mol. The van der Waals surface area contributed by atoms with Crippen molar-refractivity contribution in [3.63, 3.8) is 0 Å². The molecule has 1 heterocycles. The van der Waals surface area contributed by atoms with Gasteiger partial charge in [0.15, 0.2) is 5.82 Å². The third-order valence-corrected chi connectivity index (χ3v) is 4.28. The lowest BCUT2D eigenvalue weighted by molar-refractivity contribution is 0.483. The standard InChI is InChI=1S/C23H21N5O/c1-2-17-8-10-19(11-9-17)26-23-27-22(16-24-28-23)25-18-12-14-21(15-13-18)29-20-6-4-3-5-7-20/h3-16H,2H2,1H3,(H2,25,26,27,28). The molecule has 0 aliphatic carbocycles. The van der Waals surface area contributed by atoms with Crippen LogP contribution in [0.3, 0.4) is 0 Å². The van der Waals surface area contributed by atoms with Crippen LogP contribution in [-0.2, 0) is 6.42 Å². The van der Waals surface area contributed by atoms with Gasteiger partial charge in [0.05, 0.1) is 6.20 Å². The summed E-state index contributed by atoms with van der Waals surface area (Å²) in [6, 6.07) is 25.5. The van der Waals surface area contributed by atoms with Gasteiger partial charge >= 0.3 is 0 Å².